The highest BCUT2D eigenvalue weighted by Gasteiger charge is 2.13. The number of benzene rings is 2. The minimum atomic E-state index is 0. The van der Waals surface area contributed by atoms with Crippen LogP contribution in [0.25, 0.3) is 0 Å². The fourth-order valence-electron chi connectivity index (χ4n) is 2.55. The second-order valence-electron chi connectivity index (χ2n) is 6.02. The first-order valence-electron chi connectivity index (χ1n) is 8.89. The Morgan fingerprint density at radius 3 is 2.31 bits per heavy atom. The molecule has 0 aliphatic carbocycles. The lowest BCUT2D eigenvalue weighted by atomic mass is 10.2. The van der Waals surface area contributed by atoms with Crippen molar-refractivity contribution in [3.05, 3.63) is 56.5 Å². The topological polar surface area (TPSA) is 42.5 Å². The van der Waals surface area contributed by atoms with Gasteiger partial charge in [-0.05, 0) is 55.9 Å². The molecule has 9 heteroatoms. The number of halogens is 5. The number of ether oxygens (including phenoxy) is 2. The molecule has 2 N–H and O–H groups in total. The van der Waals surface area contributed by atoms with E-state index >= 15 is 0 Å². The second-order valence-corrected chi connectivity index (χ2v) is 7.27. The van der Waals surface area contributed by atoms with Crippen LogP contribution in [0.5, 0.6) is 11.5 Å². The number of nitrogens with one attached hydrogen (secondary N) is 2. The Hall–Kier alpha value is -0.590. The summed E-state index contributed by atoms with van der Waals surface area (Å²) >= 11 is 18.6. The van der Waals surface area contributed by atoms with Gasteiger partial charge in [-0.3, -0.25) is 0 Å². The van der Waals surface area contributed by atoms with E-state index in [1.54, 1.807) is 19.2 Å². The molecular formula is C20H27Cl5N2O2. The van der Waals surface area contributed by atoms with Crippen LogP contribution in [0.2, 0.25) is 15.1 Å². The summed E-state index contributed by atoms with van der Waals surface area (Å²) in [6.45, 7) is 6.02. The highest BCUT2D eigenvalue weighted by Crippen LogP contribution is 2.37. The molecule has 0 spiro atoms. The fraction of sp³-hybridized carbons (Fsp3) is 0.400. The summed E-state index contributed by atoms with van der Waals surface area (Å²) in [7, 11) is 1.60. The van der Waals surface area contributed by atoms with E-state index in [1.807, 2.05) is 18.2 Å². The largest absolute Gasteiger partial charge is 0.493 e. The maximum absolute atomic E-state index is 6.43. The average molecular weight is 505 g/mol. The van der Waals surface area contributed by atoms with E-state index in [0.717, 1.165) is 37.2 Å². The van der Waals surface area contributed by atoms with Crippen molar-refractivity contribution in [1.82, 2.24) is 10.6 Å². The van der Waals surface area contributed by atoms with Gasteiger partial charge in [0.25, 0.3) is 0 Å². The van der Waals surface area contributed by atoms with Crippen molar-refractivity contribution in [2.75, 3.05) is 26.7 Å². The van der Waals surface area contributed by atoms with Crippen molar-refractivity contribution in [3.63, 3.8) is 0 Å². The van der Waals surface area contributed by atoms with E-state index in [2.05, 4.69) is 17.6 Å². The van der Waals surface area contributed by atoms with Crippen LogP contribution in [0.15, 0.2) is 30.3 Å². The van der Waals surface area contributed by atoms with Gasteiger partial charge in [-0.15, -0.1) is 24.8 Å². The van der Waals surface area contributed by atoms with Gasteiger partial charge in [0.1, 0.15) is 6.61 Å². The summed E-state index contributed by atoms with van der Waals surface area (Å²) in [4.78, 5) is 0. The van der Waals surface area contributed by atoms with Crippen LogP contribution in [0.4, 0.5) is 0 Å². The number of methoxy groups -OCH3 is 1. The molecule has 0 fully saturated rings. The van der Waals surface area contributed by atoms with E-state index in [4.69, 9.17) is 44.3 Å². The molecule has 0 saturated carbocycles. The lowest BCUT2D eigenvalue weighted by molar-refractivity contribution is 0.284. The monoisotopic (exact) mass is 502 g/mol. The van der Waals surface area contributed by atoms with Crippen molar-refractivity contribution in [2.24, 2.45) is 0 Å². The molecule has 0 bridgehead atoms. The first-order chi connectivity index (χ1) is 13.0. The summed E-state index contributed by atoms with van der Waals surface area (Å²) in [5, 5.41) is 8.35. The minimum Gasteiger partial charge on any atom is -0.493 e. The van der Waals surface area contributed by atoms with Crippen LogP contribution in [0.3, 0.4) is 0 Å². The maximum atomic E-state index is 6.43. The second kappa shape index (κ2) is 15.2. The molecular weight excluding hydrogens is 477 g/mol. The van der Waals surface area contributed by atoms with Crippen molar-refractivity contribution in [1.29, 1.82) is 0 Å². The summed E-state index contributed by atoms with van der Waals surface area (Å²) < 4.78 is 11.3. The molecule has 2 rings (SSSR count). The van der Waals surface area contributed by atoms with Gasteiger partial charge in [-0.25, -0.2) is 0 Å². The van der Waals surface area contributed by atoms with Gasteiger partial charge in [0, 0.05) is 22.2 Å². The molecule has 2 aromatic rings. The smallest absolute Gasteiger partial charge is 0.180 e. The molecule has 0 radical (unpaired) electrons. The van der Waals surface area contributed by atoms with Crippen LogP contribution in [-0.2, 0) is 13.2 Å². The number of hydrogen-bond acceptors (Lipinski definition) is 4. The van der Waals surface area contributed by atoms with Crippen molar-refractivity contribution >= 4 is 59.6 Å². The van der Waals surface area contributed by atoms with Crippen molar-refractivity contribution in [2.45, 2.75) is 26.5 Å². The van der Waals surface area contributed by atoms with E-state index in [9.17, 15) is 0 Å². The molecule has 0 aliphatic rings. The predicted octanol–water partition coefficient (Wildman–Crippen LogP) is 6.17. The molecule has 4 nitrogen and oxygen atoms in total. The predicted molar refractivity (Wildman–Crippen MR) is 128 cm³/mol. The third-order valence-electron chi connectivity index (χ3n) is 3.96. The Morgan fingerprint density at radius 1 is 0.931 bits per heavy atom. The number of rotatable bonds is 11. The highest BCUT2D eigenvalue weighted by molar-refractivity contribution is 6.35. The third-order valence-corrected chi connectivity index (χ3v) is 4.83. The Labute approximate surface area is 200 Å². The Kier molecular flexibility index (Phi) is 14.9. The zero-order valence-electron chi connectivity index (χ0n) is 16.4. The van der Waals surface area contributed by atoms with Crippen molar-refractivity contribution in [3.8, 4) is 11.5 Å². The highest BCUT2D eigenvalue weighted by atomic mass is 35.5. The van der Waals surface area contributed by atoms with Gasteiger partial charge in [-0.1, -0.05) is 47.8 Å². The first-order valence-corrected chi connectivity index (χ1v) is 10.0. The normalized spacial score (nSPS) is 10.1. The molecule has 0 atom stereocenters. The van der Waals surface area contributed by atoms with Gasteiger partial charge in [0.05, 0.1) is 12.1 Å². The Morgan fingerprint density at radius 2 is 1.66 bits per heavy atom. The minimum absolute atomic E-state index is 0. The zero-order chi connectivity index (χ0) is 19.6. The summed E-state index contributed by atoms with van der Waals surface area (Å²) in [5.41, 5.74) is 1.86. The van der Waals surface area contributed by atoms with E-state index in [1.165, 1.54) is 0 Å². The van der Waals surface area contributed by atoms with Gasteiger partial charge >= 0.3 is 0 Å². The SMILES string of the molecule is CCNCCCNCc1cc(Cl)c(OCc2ccc(Cl)cc2Cl)c(OC)c1.Cl.Cl. The summed E-state index contributed by atoms with van der Waals surface area (Å²) in [6.07, 6.45) is 1.07. The van der Waals surface area contributed by atoms with Crippen LogP contribution in [-0.4, -0.2) is 26.7 Å². The van der Waals surface area contributed by atoms with Crippen molar-refractivity contribution < 1.29 is 9.47 Å². The molecule has 0 aliphatic heterocycles. The molecule has 2 aromatic carbocycles. The summed E-state index contributed by atoms with van der Waals surface area (Å²) in [6, 6.07) is 9.11. The fourth-order valence-corrected chi connectivity index (χ4v) is 3.30. The average Bonchev–Trinajstić information content (AvgIpc) is 2.64. The van der Waals surface area contributed by atoms with Gasteiger partial charge < -0.3 is 20.1 Å². The van der Waals surface area contributed by atoms with Gasteiger partial charge in [-0.2, -0.15) is 0 Å². The third kappa shape index (κ3) is 9.39. The molecule has 29 heavy (non-hydrogen) atoms. The zero-order valence-corrected chi connectivity index (χ0v) is 20.3. The standard InChI is InChI=1S/C20H25Cl3N2O2.2ClH/c1-3-24-7-4-8-25-12-14-9-18(23)20(19(10-14)26-2)27-13-15-5-6-16(21)11-17(15)22;;/h5-6,9-11,24-25H,3-4,7-8,12-13H2,1-2H3;2*1H. The molecule has 0 heterocycles. The Bertz CT molecular complexity index is 747. The lowest BCUT2D eigenvalue weighted by Crippen LogP contribution is -2.21. The molecule has 0 aromatic heterocycles. The van der Waals surface area contributed by atoms with E-state index in [0.29, 0.717) is 33.1 Å². The van der Waals surface area contributed by atoms with Gasteiger partial charge in [0.2, 0.25) is 0 Å². The number of hydrogen-bond donors (Lipinski definition) is 2. The summed E-state index contributed by atoms with van der Waals surface area (Å²) in [5.74, 6) is 1.10. The Balaban J connectivity index is 0.00000392. The van der Waals surface area contributed by atoms with Crippen LogP contribution in [0.1, 0.15) is 24.5 Å². The van der Waals surface area contributed by atoms with Crippen LogP contribution >= 0.6 is 59.6 Å². The maximum Gasteiger partial charge on any atom is 0.180 e. The first kappa shape index (κ1) is 28.4. The molecule has 0 amide bonds. The quantitative estimate of drug-likeness (QED) is 0.359. The molecule has 0 unspecified atom stereocenters. The van der Waals surface area contributed by atoms with Gasteiger partial charge in [0.15, 0.2) is 11.5 Å². The lowest BCUT2D eigenvalue weighted by Gasteiger charge is -2.15. The molecule has 164 valence electrons. The molecule has 0 saturated heterocycles. The van der Waals surface area contributed by atoms with E-state index < -0.39 is 0 Å². The van der Waals surface area contributed by atoms with Crippen LogP contribution < -0.4 is 20.1 Å². The van der Waals surface area contributed by atoms with E-state index in [-0.39, 0.29) is 31.4 Å². The van der Waals surface area contributed by atoms with Crippen LogP contribution in [0, 0.1) is 0 Å².